The molecule has 1 fully saturated rings. The third kappa shape index (κ3) is 3.59. The Morgan fingerprint density at radius 1 is 1.48 bits per heavy atom. The van der Waals surface area contributed by atoms with Crippen molar-refractivity contribution in [3.63, 3.8) is 0 Å². The molecule has 21 heavy (non-hydrogen) atoms. The number of rotatable bonds is 5. The second-order valence-corrected chi connectivity index (χ2v) is 7.22. The molecular weight excluding hydrogens is 368 g/mol. The molecule has 1 N–H and O–H groups in total. The number of carboxylic acid groups (broad SMARTS) is 1. The van der Waals surface area contributed by atoms with Crippen LogP contribution in [0.5, 0.6) is 0 Å². The van der Waals surface area contributed by atoms with Crippen LogP contribution in [0.2, 0.25) is 0 Å². The van der Waals surface area contributed by atoms with Crippen molar-refractivity contribution in [2.24, 2.45) is 7.05 Å². The van der Waals surface area contributed by atoms with Crippen molar-refractivity contribution in [2.75, 3.05) is 19.7 Å². The fourth-order valence-electron chi connectivity index (χ4n) is 2.15. The molecule has 0 radical (unpaired) electrons. The zero-order valence-electron chi connectivity index (χ0n) is 11.3. The predicted octanol–water partition coefficient (Wildman–Crippen LogP) is -0.168. The van der Waals surface area contributed by atoms with E-state index in [1.807, 2.05) is 0 Å². The number of halogens is 1. The molecule has 2 rings (SSSR count). The molecule has 2 heterocycles. The van der Waals surface area contributed by atoms with E-state index in [0.717, 1.165) is 0 Å². The number of sulfonamides is 1. The van der Waals surface area contributed by atoms with Crippen LogP contribution in [0.25, 0.3) is 0 Å². The summed E-state index contributed by atoms with van der Waals surface area (Å²) < 4.78 is 32.9. The maximum Gasteiger partial charge on any atom is 0.329 e. The molecule has 1 aliphatic rings. The average molecular weight is 383 g/mol. The number of aliphatic carboxylic acids is 1. The van der Waals surface area contributed by atoms with Gasteiger partial charge in [0.15, 0.2) is 4.60 Å². The minimum atomic E-state index is -3.68. The summed E-state index contributed by atoms with van der Waals surface area (Å²) in [6, 6.07) is 0. The molecule has 0 aromatic carbocycles. The van der Waals surface area contributed by atoms with Crippen molar-refractivity contribution in [3.8, 4) is 0 Å². The molecule has 0 spiro atoms. The maximum absolute atomic E-state index is 12.5. The molecule has 0 bridgehead atoms. The highest BCUT2D eigenvalue weighted by Crippen LogP contribution is 2.25. The van der Waals surface area contributed by atoms with Gasteiger partial charge in [0.1, 0.15) is 6.61 Å². The molecule has 1 saturated heterocycles. The van der Waals surface area contributed by atoms with Gasteiger partial charge in [0.2, 0.25) is 5.03 Å². The summed E-state index contributed by atoms with van der Waals surface area (Å²) in [5.74, 6) is -1.03. The first-order chi connectivity index (χ1) is 9.82. The zero-order valence-corrected chi connectivity index (χ0v) is 13.7. The van der Waals surface area contributed by atoms with Gasteiger partial charge in [-0.05, 0) is 28.8 Å². The molecule has 0 aliphatic carbocycles. The summed E-state index contributed by atoms with van der Waals surface area (Å²) in [4.78, 5) is 10.4. The quantitative estimate of drug-likeness (QED) is 0.751. The van der Waals surface area contributed by atoms with E-state index in [2.05, 4.69) is 26.2 Å². The van der Waals surface area contributed by atoms with Gasteiger partial charge in [0.25, 0.3) is 10.0 Å². The number of nitrogens with zero attached hydrogens (tertiary/aromatic N) is 4. The summed E-state index contributed by atoms with van der Waals surface area (Å²) in [6.07, 6.45) is 0.672. The van der Waals surface area contributed by atoms with Crippen LogP contribution in [0.1, 0.15) is 12.8 Å². The molecule has 9 nitrogen and oxygen atoms in total. The SMILES string of the molecule is Cn1nnc(Br)c1S(=O)(=O)N1CCC(OCC(=O)O)CC1. The van der Waals surface area contributed by atoms with Crippen LogP contribution in [0.3, 0.4) is 0 Å². The number of piperidine rings is 1. The Bertz CT molecular complexity index is 604. The Balaban J connectivity index is 2.03. The molecule has 11 heteroatoms. The van der Waals surface area contributed by atoms with Crippen LogP contribution in [0, 0.1) is 0 Å². The first-order valence-corrected chi connectivity index (χ1v) is 8.44. The van der Waals surface area contributed by atoms with Crippen LogP contribution >= 0.6 is 15.9 Å². The van der Waals surface area contributed by atoms with Crippen molar-refractivity contribution in [1.82, 2.24) is 19.3 Å². The number of hydrogen-bond donors (Lipinski definition) is 1. The lowest BCUT2D eigenvalue weighted by molar-refractivity contribution is -0.145. The van der Waals surface area contributed by atoms with Crippen molar-refractivity contribution < 1.29 is 23.1 Å². The summed E-state index contributed by atoms with van der Waals surface area (Å²) >= 11 is 3.08. The van der Waals surface area contributed by atoms with Gasteiger partial charge in [0.05, 0.1) is 6.10 Å². The summed E-state index contributed by atoms with van der Waals surface area (Å²) in [5, 5.41) is 15.9. The standard InChI is InChI=1S/C10H15BrN4O5S/c1-14-10(9(11)12-13-14)21(18,19)15-4-2-7(3-5-15)20-6-8(16)17/h7H,2-6H2,1H3,(H,16,17). The van der Waals surface area contributed by atoms with E-state index in [1.54, 1.807) is 0 Å². The summed E-state index contributed by atoms with van der Waals surface area (Å²) in [6.45, 7) is 0.170. The Hall–Kier alpha value is -1.04. The number of ether oxygens (including phenoxy) is 1. The number of hydrogen-bond acceptors (Lipinski definition) is 6. The first kappa shape index (κ1) is 16.3. The Kier molecular flexibility index (Phi) is 4.96. The van der Waals surface area contributed by atoms with Crippen LogP contribution in [0.4, 0.5) is 0 Å². The van der Waals surface area contributed by atoms with Crippen LogP contribution in [0.15, 0.2) is 9.63 Å². The zero-order chi connectivity index (χ0) is 15.6. The number of carboxylic acids is 1. The lowest BCUT2D eigenvalue weighted by Crippen LogP contribution is -2.41. The van der Waals surface area contributed by atoms with E-state index in [0.29, 0.717) is 12.8 Å². The number of aryl methyl sites for hydroxylation is 1. The molecule has 118 valence electrons. The minimum Gasteiger partial charge on any atom is -0.480 e. The first-order valence-electron chi connectivity index (χ1n) is 6.21. The second kappa shape index (κ2) is 6.38. The van der Waals surface area contributed by atoms with Gasteiger partial charge >= 0.3 is 5.97 Å². The van der Waals surface area contributed by atoms with Crippen LogP contribution < -0.4 is 0 Å². The minimum absolute atomic E-state index is 0.00686. The molecular formula is C10H15BrN4O5S. The van der Waals surface area contributed by atoms with E-state index in [-0.39, 0.29) is 35.4 Å². The molecule has 1 aliphatic heterocycles. The van der Waals surface area contributed by atoms with E-state index in [4.69, 9.17) is 9.84 Å². The molecule has 0 amide bonds. The summed E-state index contributed by atoms with van der Waals surface area (Å²) in [7, 11) is -2.17. The number of aromatic nitrogens is 3. The highest BCUT2D eigenvalue weighted by molar-refractivity contribution is 9.10. The lowest BCUT2D eigenvalue weighted by Gasteiger charge is -2.30. The van der Waals surface area contributed by atoms with Crippen LogP contribution in [-0.4, -0.2) is 64.6 Å². The monoisotopic (exact) mass is 382 g/mol. The third-order valence-electron chi connectivity index (χ3n) is 3.16. The van der Waals surface area contributed by atoms with Gasteiger partial charge in [-0.25, -0.2) is 17.9 Å². The molecule has 1 aromatic heterocycles. The van der Waals surface area contributed by atoms with E-state index >= 15 is 0 Å². The normalized spacial score (nSPS) is 18.0. The van der Waals surface area contributed by atoms with Gasteiger partial charge in [-0.1, -0.05) is 5.21 Å². The van der Waals surface area contributed by atoms with Gasteiger partial charge in [-0.2, -0.15) is 4.31 Å². The van der Waals surface area contributed by atoms with Crippen molar-refractivity contribution in [2.45, 2.75) is 24.0 Å². The van der Waals surface area contributed by atoms with E-state index in [1.165, 1.54) is 16.0 Å². The van der Waals surface area contributed by atoms with Crippen molar-refractivity contribution in [1.29, 1.82) is 0 Å². The van der Waals surface area contributed by atoms with Gasteiger partial charge in [-0.3, -0.25) is 0 Å². The fourth-order valence-corrected chi connectivity index (χ4v) is 4.65. The third-order valence-corrected chi connectivity index (χ3v) is 5.95. The topological polar surface area (TPSA) is 115 Å². The second-order valence-electron chi connectivity index (χ2n) is 4.62. The lowest BCUT2D eigenvalue weighted by atomic mass is 10.1. The van der Waals surface area contributed by atoms with Gasteiger partial charge in [0, 0.05) is 20.1 Å². The maximum atomic E-state index is 12.5. The Morgan fingerprint density at radius 3 is 2.57 bits per heavy atom. The largest absolute Gasteiger partial charge is 0.480 e. The smallest absolute Gasteiger partial charge is 0.329 e. The number of carbonyl (C=O) groups is 1. The Labute approximate surface area is 130 Å². The van der Waals surface area contributed by atoms with Crippen molar-refractivity contribution >= 4 is 31.9 Å². The molecule has 0 saturated carbocycles. The highest BCUT2D eigenvalue weighted by Gasteiger charge is 2.34. The van der Waals surface area contributed by atoms with Crippen LogP contribution in [-0.2, 0) is 26.6 Å². The highest BCUT2D eigenvalue weighted by atomic mass is 79.9. The summed E-state index contributed by atoms with van der Waals surface area (Å²) in [5.41, 5.74) is 0. The average Bonchev–Trinajstić information content (AvgIpc) is 2.77. The molecule has 1 aromatic rings. The van der Waals surface area contributed by atoms with Gasteiger partial charge in [-0.15, -0.1) is 5.10 Å². The molecule has 0 atom stereocenters. The van der Waals surface area contributed by atoms with Gasteiger partial charge < -0.3 is 9.84 Å². The molecule has 0 unspecified atom stereocenters. The fraction of sp³-hybridized carbons (Fsp3) is 0.700. The van der Waals surface area contributed by atoms with E-state index < -0.39 is 16.0 Å². The van der Waals surface area contributed by atoms with Crippen molar-refractivity contribution in [3.05, 3.63) is 4.60 Å². The van der Waals surface area contributed by atoms with E-state index in [9.17, 15) is 13.2 Å². The Morgan fingerprint density at radius 2 is 2.10 bits per heavy atom. The predicted molar refractivity (Wildman–Crippen MR) is 74.1 cm³/mol.